The number of rotatable bonds is 3. The molecule has 5 heteroatoms. The summed E-state index contributed by atoms with van der Waals surface area (Å²) >= 11 is 13.4. The molecule has 1 aromatic heterocycles. The zero-order valence-electron chi connectivity index (χ0n) is 10.5. The zero-order valence-corrected chi connectivity index (χ0v) is 12.9. The van der Waals surface area contributed by atoms with E-state index in [1.165, 1.54) is 11.3 Å². The predicted octanol–water partition coefficient (Wildman–Crippen LogP) is 4.85. The van der Waals surface area contributed by atoms with Crippen molar-refractivity contribution in [1.82, 2.24) is 5.32 Å². The standard InChI is InChI=1S/C14H13Cl2NOS/c1-8-5-6-19-13(8)14(18)17-9(2)11-4-3-10(15)7-12(11)16/h3-7,9H,1-2H3,(H,17,18)/t9-/m1/s1. The third-order valence-corrected chi connectivity index (χ3v) is 4.42. The Hall–Kier alpha value is -1.03. The molecular formula is C14H13Cl2NOS. The van der Waals surface area contributed by atoms with Gasteiger partial charge in [-0.25, -0.2) is 0 Å². The van der Waals surface area contributed by atoms with Gasteiger partial charge in [0.2, 0.25) is 0 Å². The topological polar surface area (TPSA) is 29.1 Å². The first kappa shape index (κ1) is 14.4. The van der Waals surface area contributed by atoms with Gasteiger partial charge in [0.05, 0.1) is 10.9 Å². The maximum absolute atomic E-state index is 12.1. The first-order chi connectivity index (χ1) is 8.99. The molecule has 1 N–H and O–H groups in total. The minimum atomic E-state index is -0.168. The summed E-state index contributed by atoms with van der Waals surface area (Å²) < 4.78 is 0. The van der Waals surface area contributed by atoms with Crippen molar-refractivity contribution in [2.45, 2.75) is 19.9 Å². The molecule has 2 nitrogen and oxygen atoms in total. The molecular weight excluding hydrogens is 301 g/mol. The minimum Gasteiger partial charge on any atom is -0.345 e. The Balaban J connectivity index is 2.15. The molecule has 0 unspecified atom stereocenters. The van der Waals surface area contributed by atoms with Crippen molar-refractivity contribution in [3.63, 3.8) is 0 Å². The third-order valence-electron chi connectivity index (χ3n) is 2.84. The first-order valence-corrected chi connectivity index (χ1v) is 7.42. The van der Waals surface area contributed by atoms with Crippen molar-refractivity contribution in [2.75, 3.05) is 0 Å². The number of carbonyl (C=O) groups is 1. The molecule has 0 saturated carbocycles. The number of benzene rings is 1. The zero-order chi connectivity index (χ0) is 14.0. The fraction of sp³-hybridized carbons (Fsp3) is 0.214. The van der Waals surface area contributed by atoms with E-state index in [0.717, 1.165) is 16.0 Å². The van der Waals surface area contributed by atoms with Crippen LogP contribution >= 0.6 is 34.5 Å². The number of hydrogen-bond donors (Lipinski definition) is 1. The highest BCUT2D eigenvalue weighted by Gasteiger charge is 2.16. The molecule has 1 heterocycles. The molecule has 0 radical (unpaired) electrons. The van der Waals surface area contributed by atoms with E-state index in [9.17, 15) is 4.79 Å². The van der Waals surface area contributed by atoms with Crippen LogP contribution in [0.4, 0.5) is 0 Å². The van der Waals surface area contributed by atoms with E-state index in [1.807, 2.05) is 31.4 Å². The van der Waals surface area contributed by atoms with Gasteiger partial charge in [0.1, 0.15) is 0 Å². The van der Waals surface area contributed by atoms with Crippen LogP contribution in [0.5, 0.6) is 0 Å². The number of nitrogens with one attached hydrogen (secondary N) is 1. The van der Waals surface area contributed by atoms with Gasteiger partial charge in [-0.1, -0.05) is 29.3 Å². The number of thiophene rings is 1. The second-order valence-electron chi connectivity index (χ2n) is 4.29. The number of halogens is 2. The second-order valence-corrected chi connectivity index (χ2v) is 6.05. The Kier molecular flexibility index (Phi) is 4.50. The molecule has 100 valence electrons. The van der Waals surface area contributed by atoms with Gasteiger partial charge >= 0.3 is 0 Å². The van der Waals surface area contributed by atoms with E-state index < -0.39 is 0 Å². The smallest absolute Gasteiger partial charge is 0.262 e. The van der Waals surface area contributed by atoms with Gasteiger partial charge < -0.3 is 5.32 Å². The summed E-state index contributed by atoms with van der Waals surface area (Å²) in [6.07, 6.45) is 0. The number of amides is 1. The summed E-state index contributed by atoms with van der Waals surface area (Å²) in [4.78, 5) is 12.9. The van der Waals surface area contributed by atoms with Crippen LogP contribution in [0.25, 0.3) is 0 Å². The van der Waals surface area contributed by atoms with E-state index in [-0.39, 0.29) is 11.9 Å². The lowest BCUT2D eigenvalue weighted by atomic mass is 10.1. The molecule has 0 aliphatic carbocycles. The van der Waals surface area contributed by atoms with Crippen molar-refractivity contribution in [3.8, 4) is 0 Å². The molecule has 0 fully saturated rings. The predicted molar refractivity (Wildman–Crippen MR) is 81.4 cm³/mol. The largest absolute Gasteiger partial charge is 0.345 e. The van der Waals surface area contributed by atoms with Gasteiger partial charge in [-0.3, -0.25) is 4.79 Å². The van der Waals surface area contributed by atoms with Crippen molar-refractivity contribution in [3.05, 3.63) is 55.7 Å². The lowest BCUT2D eigenvalue weighted by Crippen LogP contribution is -2.26. The molecule has 0 aliphatic heterocycles. The van der Waals surface area contributed by atoms with E-state index in [1.54, 1.807) is 12.1 Å². The van der Waals surface area contributed by atoms with Crippen LogP contribution in [-0.2, 0) is 0 Å². The van der Waals surface area contributed by atoms with Gasteiger partial charge in [-0.2, -0.15) is 0 Å². The summed E-state index contributed by atoms with van der Waals surface area (Å²) in [5.74, 6) is -0.0778. The van der Waals surface area contributed by atoms with E-state index in [0.29, 0.717) is 10.0 Å². The molecule has 0 saturated heterocycles. The van der Waals surface area contributed by atoms with Crippen LogP contribution in [0.2, 0.25) is 10.0 Å². The molecule has 1 amide bonds. The van der Waals surface area contributed by atoms with Crippen LogP contribution in [-0.4, -0.2) is 5.91 Å². The van der Waals surface area contributed by atoms with Gasteiger partial charge in [0, 0.05) is 10.0 Å². The first-order valence-electron chi connectivity index (χ1n) is 5.79. The van der Waals surface area contributed by atoms with Crippen LogP contribution in [0, 0.1) is 6.92 Å². The van der Waals surface area contributed by atoms with Crippen LogP contribution in [0.3, 0.4) is 0 Å². The SMILES string of the molecule is Cc1ccsc1C(=O)N[C@H](C)c1ccc(Cl)cc1Cl. The molecule has 0 aliphatic rings. The van der Waals surface area contributed by atoms with E-state index in [4.69, 9.17) is 23.2 Å². The highest BCUT2D eigenvalue weighted by molar-refractivity contribution is 7.12. The maximum atomic E-state index is 12.1. The lowest BCUT2D eigenvalue weighted by molar-refractivity contribution is 0.0943. The Morgan fingerprint density at radius 3 is 2.63 bits per heavy atom. The number of carbonyl (C=O) groups excluding carboxylic acids is 1. The number of hydrogen-bond acceptors (Lipinski definition) is 2. The van der Waals surface area contributed by atoms with Gasteiger partial charge in [-0.15, -0.1) is 11.3 Å². The van der Waals surface area contributed by atoms with Gasteiger partial charge in [0.25, 0.3) is 5.91 Å². The molecule has 1 atom stereocenters. The van der Waals surface area contributed by atoms with Gasteiger partial charge in [0.15, 0.2) is 0 Å². The summed E-state index contributed by atoms with van der Waals surface area (Å²) in [5, 5.41) is 5.99. The van der Waals surface area contributed by atoms with Gasteiger partial charge in [-0.05, 0) is 48.6 Å². The second kappa shape index (κ2) is 5.95. The van der Waals surface area contributed by atoms with E-state index in [2.05, 4.69) is 5.32 Å². The summed E-state index contributed by atoms with van der Waals surface area (Å²) in [6, 6.07) is 7.04. The Morgan fingerprint density at radius 2 is 2.05 bits per heavy atom. The fourth-order valence-corrected chi connectivity index (χ4v) is 3.20. The fourth-order valence-electron chi connectivity index (χ4n) is 1.80. The maximum Gasteiger partial charge on any atom is 0.262 e. The van der Waals surface area contributed by atoms with E-state index >= 15 is 0 Å². The van der Waals surface area contributed by atoms with Crippen LogP contribution in [0.15, 0.2) is 29.6 Å². The molecule has 2 aromatic rings. The van der Waals surface area contributed by atoms with Crippen molar-refractivity contribution in [2.24, 2.45) is 0 Å². The Bertz CT molecular complexity index is 609. The summed E-state index contributed by atoms with van der Waals surface area (Å²) in [5.41, 5.74) is 1.84. The monoisotopic (exact) mass is 313 g/mol. The highest BCUT2D eigenvalue weighted by atomic mass is 35.5. The molecule has 19 heavy (non-hydrogen) atoms. The molecule has 0 spiro atoms. The Labute approximate surface area is 126 Å². The van der Waals surface area contributed by atoms with Crippen molar-refractivity contribution < 1.29 is 4.79 Å². The highest BCUT2D eigenvalue weighted by Crippen LogP contribution is 2.26. The van der Waals surface area contributed by atoms with Crippen LogP contribution < -0.4 is 5.32 Å². The number of aryl methyl sites for hydroxylation is 1. The van der Waals surface area contributed by atoms with Crippen molar-refractivity contribution in [1.29, 1.82) is 0 Å². The lowest BCUT2D eigenvalue weighted by Gasteiger charge is -2.15. The average Bonchev–Trinajstić information content (AvgIpc) is 2.75. The minimum absolute atomic E-state index is 0.0778. The summed E-state index contributed by atoms with van der Waals surface area (Å²) in [7, 11) is 0. The molecule has 1 aromatic carbocycles. The molecule has 0 bridgehead atoms. The molecule has 2 rings (SSSR count). The summed E-state index contributed by atoms with van der Waals surface area (Å²) in [6.45, 7) is 3.82. The Morgan fingerprint density at radius 1 is 1.32 bits per heavy atom. The van der Waals surface area contributed by atoms with Crippen molar-refractivity contribution >= 4 is 40.4 Å². The van der Waals surface area contributed by atoms with Crippen LogP contribution in [0.1, 0.15) is 33.8 Å². The normalized spacial score (nSPS) is 12.2. The quantitative estimate of drug-likeness (QED) is 0.861. The average molecular weight is 314 g/mol. The third kappa shape index (κ3) is 3.30.